The van der Waals surface area contributed by atoms with Gasteiger partial charge >= 0.3 is 0 Å². The number of rotatable bonds is 4. The zero-order valence-corrected chi connectivity index (χ0v) is 11.2. The molecule has 2 nitrogen and oxygen atoms in total. The van der Waals surface area contributed by atoms with Crippen LogP contribution in [0.5, 0.6) is 0 Å². The summed E-state index contributed by atoms with van der Waals surface area (Å²) in [5, 5.41) is 0. The van der Waals surface area contributed by atoms with E-state index in [4.69, 9.17) is 5.73 Å². The second-order valence-corrected chi connectivity index (χ2v) is 4.97. The van der Waals surface area contributed by atoms with Crippen molar-refractivity contribution in [3.05, 3.63) is 34.4 Å². The van der Waals surface area contributed by atoms with Crippen LogP contribution in [0.3, 0.4) is 0 Å². The van der Waals surface area contributed by atoms with Crippen molar-refractivity contribution in [1.82, 2.24) is 4.90 Å². The number of nitrogens with two attached hydrogens (primary N) is 1. The van der Waals surface area contributed by atoms with Gasteiger partial charge in [-0.25, -0.2) is 0 Å². The first kappa shape index (κ1) is 13.2. The summed E-state index contributed by atoms with van der Waals surface area (Å²) in [4.78, 5) is 2.28. The molecule has 0 aliphatic rings. The highest BCUT2D eigenvalue weighted by Gasteiger charge is 2.07. The third kappa shape index (κ3) is 3.32. The van der Waals surface area contributed by atoms with Crippen LogP contribution in [0.15, 0.2) is 12.1 Å². The van der Waals surface area contributed by atoms with E-state index in [9.17, 15) is 0 Å². The summed E-state index contributed by atoms with van der Waals surface area (Å²) >= 11 is 0. The molecular weight excluding hydrogens is 196 g/mol. The van der Waals surface area contributed by atoms with Crippen LogP contribution in [-0.4, -0.2) is 24.5 Å². The molecule has 1 aromatic rings. The quantitative estimate of drug-likeness (QED) is 0.844. The van der Waals surface area contributed by atoms with Crippen LogP contribution >= 0.6 is 0 Å². The van der Waals surface area contributed by atoms with Gasteiger partial charge in [-0.05, 0) is 57.0 Å². The lowest BCUT2D eigenvalue weighted by Crippen LogP contribution is -2.32. The maximum Gasteiger partial charge on any atom is 0.0234 e. The van der Waals surface area contributed by atoms with Gasteiger partial charge in [-0.15, -0.1) is 0 Å². The third-order valence-electron chi connectivity index (χ3n) is 3.21. The van der Waals surface area contributed by atoms with Gasteiger partial charge < -0.3 is 10.6 Å². The van der Waals surface area contributed by atoms with E-state index >= 15 is 0 Å². The lowest BCUT2D eigenvalue weighted by Gasteiger charge is -2.21. The molecule has 0 aliphatic heterocycles. The van der Waals surface area contributed by atoms with Crippen LogP contribution < -0.4 is 5.73 Å². The predicted molar refractivity (Wildman–Crippen MR) is 70.6 cm³/mol. The van der Waals surface area contributed by atoms with Crippen LogP contribution in [-0.2, 0) is 6.54 Å². The molecule has 0 radical (unpaired) electrons. The Bertz CT molecular complexity index is 356. The van der Waals surface area contributed by atoms with Crippen molar-refractivity contribution >= 4 is 0 Å². The molecule has 0 fully saturated rings. The summed E-state index contributed by atoms with van der Waals surface area (Å²) in [7, 11) is 2.12. The average Bonchev–Trinajstić information content (AvgIpc) is 2.18. The van der Waals surface area contributed by atoms with E-state index in [1.165, 1.54) is 22.3 Å². The van der Waals surface area contributed by atoms with Crippen molar-refractivity contribution in [2.75, 3.05) is 13.6 Å². The van der Waals surface area contributed by atoms with Gasteiger partial charge in [0.2, 0.25) is 0 Å². The molecule has 2 N–H and O–H groups in total. The van der Waals surface area contributed by atoms with Gasteiger partial charge in [0.15, 0.2) is 0 Å². The van der Waals surface area contributed by atoms with Crippen molar-refractivity contribution < 1.29 is 0 Å². The lowest BCUT2D eigenvalue weighted by molar-refractivity contribution is 0.309. The molecule has 0 aromatic heterocycles. The van der Waals surface area contributed by atoms with Gasteiger partial charge in [-0.1, -0.05) is 12.1 Å². The van der Waals surface area contributed by atoms with Crippen molar-refractivity contribution in [3.63, 3.8) is 0 Å². The van der Waals surface area contributed by atoms with E-state index in [0.29, 0.717) is 0 Å². The monoisotopic (exact) mass is 220 g/mol. The van der Waals surface area contributed by atoms with Gasteiger partial charge in [0.1, 0.15) is 0 Å². The zero-order chi connectivity index (χ0) is 12.3. The summed E-state index contributed by atoms with van der Waals surface area (Å²) in [5.74, 6) is 0. The van der Waals surface area contributed by atoms with Gasteiger partial charge in [-0.2, -0.15) is 0 Å². The maximum absolute atomic E-state index is 5.80. The SMILES string of the molecule is Cc1ccc(CN(C)CC(C)N)c(C)c1C. The smallest absolute Gasteiger partial charge is 0.0234 e. The minimum absolute atomic E-state index is 0.233. The topological polar surface area (TPSA) is 29.3 Å². The fourth-order valence-electron chi connectivity index (χ4n) is 2.03. The molecule has 0 heterocycles. The Kier molecular flexibility index (Phi) is 4.51. The Morgan fingerprint density at radius 3 is 2.38 bits per heavy atom. The lowest BCUT2D eigenvalue weighted by atomic mass is 9.98. The molecule has 16 heavy (non-hydrogen) atoms. The first-order chi connectivity index (χ1) is 7.41. The van der Waals surface area contributed by atoms with Crippen LogP contribution in [0, 0.1) is 20.8 Å². The highest BCUT2D eigenvalue weighted by atomic mass is 15.1. The Morgan fingerprint density at radius 1 is 1.19 bits per heavy atom. The number of nitrogens with zero attached hydrogens (tertiary/aromatic N) is 1. The van der Waals surface area contributed by atoms with E-state index < -0.39 is 0 Å². The minimum Gasteiger partial charge on any atom is -0.327 e. The predicted octanol–water partition coefficient (Wildman–Crippen LogP) is 2.39. The molecule has 0 saturated carbocycles. The van der Waals surface area contributed by atoms with Gasteiger partial charge in [0, 0.05) is 19.1 Å². The van der Waals surface area contributed by atoms with Gasteiger partial charge in [0.05, 0.1) is 0 Å². The summed E-state index contributed by atoms with van der Waals surface area (Å²) in [6.07, 6.45) is 0. The number of benzene rings is 1. The second kappa shape index (κ2) is 5.46. The van der Waals surface area contributed by atoms with Crippen LogP contribution in [0.4, 0.5) is 0 Å². The fraction of sp³-hybridized carbons (Fsp3) is 0.571. The van der Waals surface area contributed by atoms with E-state index in [1.54, 1.807) is 0 Å². The zero-order valence-electron chi connectivity index (χ0n) is 11.2. The highest BCUT2D eigenvalue weighted by Crippen LogP contribution is 2.18. The van der Waals surface area contributed by atoms with E-state index in [-0.39, 0.29) is 6.04 Å². The van der Waals surface area contributed by atoms with Crippen LogP contribution in [0.25, 0.3) is 0 Å². The maximum atomic E-state index is 5.80. The van der Waals surface area contributed by atoms with Crippen molar-refractivity contribution in [3.8, 4) is 0 Å². The Labute approximate surface area is 99.5 Å². The van der Waals surface area contributed by atoms with E-state index in [1.807, 2.05) is 6.92 Å². The standard InChI is InChI=1S/C14H24N2/c1-10-6-7-14(13(4)12(10)3)9-16(5)8-11(2)15/h6-7,11H,8-9,15H2,1-5H3. The molecule has 0 bridgehead atoms. The number of hydrogen-bond acceptors (Lipinski definition) is 2. The molecule has 2 heteroatoms. The van der Waals surface area contributed by atoms with Crippen LogP contribution in [0.1, 0.15) is 29.2 Å². The third-order valence-corrected chi connectivity index (χ3v) is 3.21. The normalized spacial score (nSPS) is 13.2. The summed E-state index contributed by atoms with van der Waals surface area (Å²) in [6.45, 7) is 10.5. The second-order valence-electron chi connectivity index (χ2n) is 4.97. The summed E-state index contributed by atoms with van der Waals surface area (Å²) in [6, 6.07) is 4.67. The molecule has 1 rings (SSSR count). The molecule has 90 valence electrons. The Hall–Kier alpha value is -0.860. The molecule has 0 aliphatic carbocycles. The molecule has 1 atom stereocenters. The van der Waals surface area contributed by atoms with E-state index in [0.717, 1.165) is 13.1 Å². The largest absolute Gasteiger partial charge is 0.327 e. The molecular formula is C14H24N2. The van der Waals surface area contributed by atoms with Gasteiger partial charge in [-0.3, -0.25) is 0 Å². The Balaban J connectivity index is 2.78. The van der Waals surface area contributed by atoms with Crippen molar-refractivity contribution in [1.29, 1.82) is 0 Å². The summed E-state index contributed by atoms with van der Waals surface area (Å²) in [5.41, 5.74) is 11.4. The molecule has 1 unspecified atom stereocenters. The number of likely N-dealkylation sites (N-methyl/N-ethyl adjacent to an activating group) is 1. The molecule has 0 saturated heterocycles. The van der Waals surface area contributed by atoms with Crippen molar-refractivity contribution in [2.45, 2.75) is 40.3 Å². The summed E-state index contributed by atoms with van der Waals surface area (Å²) < 4.78 is 0. The highest BCUT2D eigenvalue weighted by molar-refractivity contribution is 5.38. The van der Waals surface area contributed by atoms with E-state index in [2.05, 4.69) is 44.9 Å². The minimum atomic E-state index is 0.233. The number of aryl methyl sites for hydroxylation is 1. The van der Waals surface area contributed by atoms with Gasteiger partial charge in [0.25, 0.3) is 0 Å². The molecule has 0 amide bonds. The fourth-order valence-corrected chi connectivity index (χ4v) is 2.03. The molecule has 1 aromatic carbocycles. The van der Waals surface area contributed by atoms with Crippen molar-refractivity contribution in [2.24, 2.45) is 5.73 Å². The first-order valence-corrected chi connectivity index (χ1v) is 5.91. The Morgan fingerprint density at radius 2 is 1.81 bits per heavy atom. The van der Waals surface area contributed by atoms with Crippen LogP contribution in [0.2, 0.25) is 0 Å². The molecule has 0 spiro atoms. The average molecular weight is 220 g/mol. The first-order valence-electron chi connectivity index (χ1n) is 5.91. The number of hydrogen-bond donors (Lipinski definition) is 1.